The molecular formula is C18H28N2O2S. The van der Waals surface area contributed by atoms with Gasteiger partial charge in [0.05, 0.1) is 5.56 Å². The fraction of sp³-hybridized carbons (Fsp3) is 0.722. The fourth-order valence-corrected chi connectivity index (χ4v) is 4.66. The zero-order valence-corrected chi connectivity index (χ0v) is 14.9. The Morgan fingerprint density at radius 1 is 1.26 bits per heavy atom. The normalized spacial score (nSPS) is 25.9. The van der Waals surface area contributed by atoms with Gasteiger partial charge in [-0.1, -0.05) is 13.3 Å². The van der Waals surface area contributed by atoms with Crippen LogP contribution >= 0.6 is 11.3 Å². The first-order chi connectivity index (χ1) is 11.2. The summed E-state index contributed by atoms with van der Waals surface area (Å²) in [5, 5.41) is 11.7. The zero-order chi connectivity index (χ0) is 16.2. The van der Waals surface area contributed by atoms with E-state index in [4.69, 9.17) is 0 Å². The predicted molar refractivity (Wildman–Crippen MR) is 94.0 cm³/mol. The first-order valence-corrected chi connectivity index (χ1v) is 9.79. The van der Waals surface area contributed by atoms with Gasteiger partial charge in [0.2, 0.25) is 0 Å². The molecule has 0 bridgehead atoms. The van der Waals surface area contributed by atoms with E-state index in [1.165, 1.54) is 37.2 Å². The molecule has 3 rings (SSSR count). The molecular weight excluding hydrogens is 308 g/mol. The average Bonchev–Trinajstić information content (AvgIpc) is 3.22. The van der Waals surface area contributed by atoms with Crippen LogP contribution in [0.15, 0.2) is 11.4 Å². The number of hydrogen-bond acceptors (Lipinski definition) is 4. The van der Waals surface area contributed by atoms with Crippen molar-refractivity contribution < 1.29 is 9.90 Å². The molecule has 5 heteroatoms. The topological polar surface area (TPSA) is 43.8 Å². The molecule has 2 saturated heterocycles. The summed E-state index contributed by atoms with van der Waals surface area (Å²) in [5.74, 6) is 0.775. The van der Waals surface area contributed by atoms with E-state index in [1.54, 1.807) is 11.3 Å². The van der Waals surface area contributed by atoms with Crippen molar-refractivity contribution in [3.05, 3.63) is 21.9 Å². The Morgan fingerprint density at radius 2 is 2.00 bits per heavy atom. The molecule has 0 spiro atoms. The van der Waals surface area contributed by atoms with Gasteiger partial charge in [-0.2, -0.15) is 0 Å². The van der Waals surface area contributed by atoms with Gasteiger partial charge in [0.25, 0.3) is 5.91 Å². The lowest BCUT2D eigenvalue weighted by atomic mass is 9.95. The van der Waals surface area contributed by atoms with Crippen molar-refractivity contribution in [2.24, 2.45) is 11.8 Å². The van der Waals surface area contributed by atoms with Crippen LogP contribution in [0.25, 0.3) is 0 Å². The fourth-order valence-electron chi connectivity index (χ4n) is 3.85. The number of thiophene rings is 1. The van der Waals surface area contributed by atoms with Crippen LogP contribution < -0.4 is 0 Å². The zero-order valence-electron chi connectivity index (χ0n) is 14.0. The van der Waals surface area contributed by atoms with Gasteiger partial charge in [-0.15, -0.1) is 11.3 Å². The summed E-state index contributed by atoms with van der Waals surface area (Å²) in [6.45, 7) is 7.17. The lowest BCUT2D eigenvalue weighted by molar-refractivity contribution is 0.0779. The molecule has 3 heterocycles. The van der Waals surface area contributed by atoms with Gasteiger partial charge in [0, 0.05) is 42.4 Å². The molecule has 2 aliphatic heterocycles. The Hall–Kier alpha value is -0.910. The van der Waals surface area contributed by atoms with Gasteiger partial charge in [-0.25, -0.2) is 0 Å². The van der Waals surface area contributed by atoms with E-state index < -0.39 is 0 Å². The maximum absolute atomic E-state index is 12.7. The Bertz CT molecular complexity index is 525. The Balaban J connectivity index is 1.62. The second-order valence-corrected chi connectivity index (χ2v) is 7.93. The summed E-state index contributed by atoms with van der Waals surface area (Å²) in [4.78, 5) is 18.4. The number of aliphatic hydroxyl groups excluding tert-OH is 1. The molecule has 4 nitrogen and oxygen atoms in total. The highest BCUT2D eigenvalue weighted by Crippen LogP contribution is 2.27. The van der Waals surface area contributed by atoms with Crippen LogP contribution in [-0.2, 0) is 6.42 Å². The quantitative estimate of drug-likeness (QED) is 0.898. The van der Waals surface area contributed by atoms with Crippen molar-refractivity contribution in [2.75, 3.05) is 39.3 Å². The standard InChI is InChI=1S/C18H28N2O2S/c1-2-17-8-14(13-23-17)18(22)20-10-15(16(11-20)12-21)9-19-6-4-3-5-7-19/h8,13,15-16,21H,2-7,9-12H2,1H3/t15-,16-/m1/s1. The first-order valence-electron chi connectivity index (χ1n) is 8.91. The number of rotatable bonds is 5. The third kappa shape index (κ3) is 3.95. The number of aryl methyl sites for hydroxylation is 1. The molecule has 0 unspecified atom stereocenters. The molecule has 1 aromatic heterocycles. The van der Waals surface area contributed by atoms with Gasteiger partial charge >= 0.3 is 0 Å². The summed E-state index contributed by atoms with van der Waals surface area (Å²) in [7, 11) is 0. The van der Waals surface area contributed by atoms with Gasteiger partial charge in [0.15, 0.2) is 0 Å². The second kappa shape index (κ2) is 7.77. The highest BCUT2D eigenvalue weighted by atomic mass is 32.1. The van der Waals surface area contributed by atoms with Crippen molar-refractivity contribution in [3.63, 3.8) is 0 Å². The number of carbonyl (C=O) groups excluding carboxylic acids is 1. The van der Waals surface area contributed by atoms with Crippen LogP contribution in [0.1, 0.15) is 41.4 Å². The Labute approximate surface area is 143 Å². The predicted octanol–water partition coefficient (Wildman–Crippen LogP) is 2.48. The minimum Gasteiger partial charge on any atom is -0.396 e. The van der Waals surface area contributed by atoms with Crippen LogP contribution in [0.5, 0.6) is 0 Å². The van der Waals surface area contributed by atoms with E-state index in [0.29, 0.717) is 12.5 Å². The van der Waals surface area contributed by atoms with Crippen LogP contribution in [-0.4, -0.2) is 60.1 Å². The second-order valence-electron chi connectivity index (χ2n) is 6.93. The minimum atomic E-state index is 0.139. The molecule has 1 aromatic rings. The SMILES string of the molecule is CCc1cc(C(=O)N2C[C@@H](CN3CCCCC3)[C@@H](CO)C2)cs1. The number of amides is 1. The van der Waals surface area contributed by atoms with Crippen LogP contribution in [0, 0.1) is 11.8 Å². The highest BCUT2D eigenvalue weighted by Gasteiger charge is 2.36. The van der Waals surface area contributed by atoms with E-state index in [9.17, 15) is 9.90 Å². The van der Waals surface area contributed by atoms with Crippen LogP contribution in [0.4, 0.5) is 0 Å². The van der Waals surface area contributed by atoms with Crippen molar-refractivity contribution in [3.8, 4) is 0 Å². The van der Waals surface area contributed by atoms with Gasteiger partial charge in [-0.05, 0) is 44.3 Å². The number of hydrogen-bond donors (Lipinski definition) is 1. The molecule has 1 N–H and O–H groups in total. The first kappa shape index (κ1) is 16.9. The average molecular weight is 337 g/mol. The molecule has 2 aliphatic rings. The summed E-state index contributed by atoms with van der Waals surface area (Å²) in [5.41, 5.74) is 0.821. The van der Waals surface area contributed by atoms with Crippen LogP contribution in [0.2, 0.25) is 0 Å². The number of aliphatic hydroxyl groups is 1. The Kier molecular flexibility index (Phi) is 5.72. The molecule has 2 atom stereocenters. The van der Waals surface area contributed by atoms with Gasteiger partial charge in [-0.3, -0.25) is 4.79 Å². The summed E-state index contributed by atoms with van der Waals surface area (Å²) in [6.07, 6.45) is 4.89. The van der Waals surface area contributed by atoms with E-state index in [2.05, 4.69) is 11.8 Å². The van der Waals surface area contributed by atoms with Crippen molar-refractivity contribution >= 4 is 17.2 Å². The number of piperidine rings is 1. The van der Waals surface area contributed by atoms with Crippen LogP contribution in [0.3, 0.4) is 0 Å². The van der Waals surface area contributed by atoms with Crippen molar-refractivity contribution in [1.82, 2.24) is 9.80 Å². The third-order valence-corrected chi connectivity index (χ3v) is 6.37. The van der Waals surface area contributed by atoms with E-state index >= 15 is 0 Å². The lowest BCUT2D eigenvalue weighted by Gasteiger charge is -2.30. The molecule has 1 amide bonds. The number of nitrogens with zero attached hydrogens (tertiary/aromatic N) is 2. The van der Waals surface area contributed by atoms with E-state index in [-0.39, 0.29) is 18.4 Å². The third-order valence-electron chi connectivity index (χ3n) is 5.29. The maximum atomic E-state index is 12.7. The van der Waals surface area contributed by atoms with Gasteiger partial charge < -0.3 is 14.9 Å². The van der Waals surface area contributed by atoms with Crippen molar-refractivity contribution in [1.29, 1.82) is 0 Å². The highest BCUT2D eigenvalue weighted by molar-refractivity contribution is 7.10. The summed E-state index contributed by atoms with van der Waals surface area (Å²) >= 11 is 1.67. The summed E-state index contributed by atoms with van der Waals surface area (Å²) in [6, 6.07) is 2.03. The largest absolute Gasteiger partial charge is 0.396 e. The molecule has 128 valence electrons. The molecule has 0 aromatic carbocycles. The van der Waals surface area contributed by atoms with E-state index in [1.807, 2.05) is 16.3 Å². The minimum absolute atomic E-state index is 0.139. The number of likely N-dealkylation sites (tertiary alicyclic amines) is 2. The Morgan fingerprint density at radius 3 is 2.65 bits per heavy atom. The molecule has 0 aliphatic carbocycles. The monoisotopic (exact) mass is 336 g/mol. The molecule has 23 heavy (non-hydrogen) atoms. The summed E-state index contributed by atoms with van der Waals surface area (Å²) < 4.78 is 0. The smallest absolute Gasteiger partial charge is 0.254 e. The van der Waals surface area contributed by atoms with E-state index in [0.717, 1.165) is 25.1 Å². The molecule has 0 radical (unpaired) electrons. The lowest BCUT2D eigenvalue weighted by Crippen LogP contribution is -2.37. The molecule has 2 fully saturated rings. The van der Waals surface area contributed by atoms with Gasteiger partial charge in [0.1, 0.15) is 0 Å². The molecule has 0 saturated carbocycles. The maximum Gasteiger partial charge on any atom is 0.254 e. The number of carbonyl (C=O) groups is 1. The van der Waals surface area contributed by atoms with Crippen molar-refractivity contribution in [2.45, 2.75) is 32.6 Å².